The monoisotopic (exact) mass is 347 g/mol. The molecule has 1 aromatic rings. The lowest BCUT2D eigenvalue weighted by Gasteiger charge is -2.38. The number of ether oxygens (including phenoxy) is 1. The van der Waals surface area contributed by atoms with Gasteiger partial charge in [-0.3, -0.25) is 9.89 Å². The topological polar surface area (TPSA) is 83.1 Å². The zero-order valence-electron chi connectivity index (χ0n) is 15.0. The highest BCUT2D eigenvalue weighted by Crippen LogP contribution is 2.33. The van der Waals surface area contributed by atoms with Crippen molar-refractivity contribution in [2.75, 3.05) is 32.8 Å². The van der Waals surface area contributed by atoms with Crippen LogP contribution in [0.3, 0.4) is 0 Å². The molecule has 0 unspecified atom stereocenters. The van der Waals surface area contributed by atoms with Gasteiger partial charge in [0.1, 0.15) is 5.82 Å². The lowest BCUT2D eigenvalue weighted by molar-refractivity contribution is -0.129. The minimum atomic E-state index is 0.0853. The molecule has 1 aliphatic carbocycles. The lowest BCUT2D eigenvalue weighted by Crippen LogP contribution is -2.53. The van der Waals surface area contributed by atoms with Gasteiger partial charge in [-0.1, -0.05) is 0 Å². The molecule has 138 valence electrons. The van der Waals surface area contributed by atoms with Gasteiger partial charge in [-0.15, -0.1) is 0 Å². The number of hydrogen-bond donors (Lipinski definition) is 2. The number of amides is 1. The smallest absolute Gasteiger partial charge is 0.223 e. The maximum Gasteiger partial charge on any atom is 0.223 e. The maximum absolute atomic E-state index is 12.8. The highest BCUT2D eigenvalue weighted by molar-refractivity contribution is 5.79. The van der Waals surface area contributed by atoms with Crippen molar-refractivity contribution in [1.82, 2.24) is 25.4 Å². The molecule has 2 saturated heterocycles. The van der Waals surface area contributed by atoms with E-state index in [0.29, 0.717) is 13.2 Å². The molecule has 3 aliphatic rings. The Morgan fingerprint density at radius 3 is 2.76 bits per heavy atom. The van der Waals surface area contributed by atoms with Gasteiger partial charge in [0.15, 0.2) is 5.82 Å². The molecule has 1 amide bonds. The molecule has 0 bridgehead atoms. The van der Waals surface area contributed by atoms with Crippen LogP contribution in [0.5, 0.6) is 0 Å². The van der Waals surface area contributed by atoms with Crippen LogP contribution >= 0.6 is 0 Å². The van der Waals surface area contributed by atoms with E-state index < -0.39 is 0 Å². The summed E-state index contributed by atoms with van der Waals surface area (Å²) < 4.78 is 5.39. The number of likely N-dealkylation sites (tertiary alicyclic amines) is 1. The summed E-state index contributed by atoms with van der Waals surface area (Å²) in [6, 6.07) is 0.0954. The number of aromatic nitrogens is 3. The van der Waals surface area contributed by atoms with Gasteiger partial charge in [0.25, 0.3) is 0 Å². The number of piperidine rings is 1. The maximum atomic E-state index is 12.8. The van der Waals surface area contributed by atoms with Crippen molar-refractivity contribution in [3.63, 3.8) is 0 Å². The predicted molar refractivity (Wildman–Crippen MR) is 93.1 cm³/mol. The Labute approximate surface area is 148 Å². The summed E-state index contributed by atoms with van der Waals surface area (Å²) >= 11 is 0. The first kappa shape index (κ1) is 17.0. The third kappa shape index (κ3) is 4.20. The summed E-state index contributed by atoms with van der Waals surface area (Å²) in [5.41, 5.74) is 0. The third-order valence-electron chi connectivity index (χ3n) is 5.78. The van der Waals surface area contributed by atoms with Crippen molar-refractivity contribution in [3.05, 3.63) is 11.6 Å². The van der Waals surface area contributed by atoms with Crippen molar-refractivity contribution >= 4 is 5.91 Å². The molecule has 1 aromatic heterocycles. The van der Waals surface area contributed by atoms with Crippen molar-refractivity contribution in [2.24, 2.45) is 11.8 Å². The van der Waals surface area contributed by atoms with Crippen LogP contribution in [-0.2, 0) is 9.53 Å². The Morgan fingerprint density at radius 1 is 1.28 bits per heavy atom. The Hall–Kier alpha value is -1.47. The SMILES string of the molecule is Cc1nc([C@H]2CCN(CC3CC3)C[C@H]2NC(=O)C2CCOCC2)n[nH]1. The van der Waals surface area contributed by atoms with Crippen LogP contribution in [0.25, 0.3) is 0 Å². The fourth-order valence-corrected chi connectivity index (χ4v) is 4.09. The molecular weight excluding hydrogens is 318 g/mol. The molecule has 2 atom stereocenters. The number of rotatable bonds is 5. The molecule has 25 heavy (non-hydrogen) atoms. The van der Waals surface area contributed by atoms with Gasteiger partial charge in [-0.05, 0) is 51.5 Å². The first-order valence-electron chi connectivity index (χ1n) is 9.68. The second-order valence-electron chi connectivity index (χ2n) is 7.88. The number of nitrogens with one attached hydrogen (secondary N) is 2. The summed E-state index contributed by atoms with van der Waals surface area (Å²) in [4.78, 5) is 19.8. The van der Waals surface area contributed by atoms with E-state index in [1.807, 2.05) is 6.92 Å². The van der Waals surface area contributed by atoms with Gasteiger partial charge in [0, 0.05) is 38.1 Å². The van der Waals surface area contributed by atoms with E-state index >= 15 is 0 Å². The Bertz CT molecular complexity index is 594. The second kappa shape index (κ2) is 7.41. The molecule has 0 aromatic carbocycles. The number of carbonyl (C=O) groups excluding carboxylic acids is 1. The standard InChI is InChI=1S/C18H29N5O2/c1-12-19-17(22-21-12)15-4-7-23(10-13-2-3-13)11-16(15)20-18(24)14-5-8-25-9-6-14/h13-16H,2-11H2,1H3,(H,20,24)(H,19,21,22)/t15-,16+/m0/s1. The number of carbonyl (C=O) groups is 1. The quantitative estimate of drug-likeness (QED) is 0.837. The van der Waals surface area contributed by atoms with Gasteiger partial charge in [-0.25, -0.2) is 4.98 Å². The van der Waals surface area contributed by atoms with E-state index in [4.69, 9.17) is 4.74 Å². The predicted octanol–water partition coefficient (Wildman–Crippen LogP) is 1.22. The summed E-state index contributed by atoms with van der Waals surface area (Å²) in [7, 11) is 0. The Balaban J connectivity index is 1.44. The minimum absolute atomic E-state index is 0.0853. The van der Waals surface area contributed by atoms with Crippen molar-refractivity contribution in [3.8, 4) is 0 Å². The molecule has 0 radical (unpaired) electrons. The summed E-state index contributed by atoms with van der Waals surface area (Å²) in [5.74, 6) is 3.02. The van der Waals surface area contributed by atoms with Crippen molar-refractivity contribution < 1.29 is 9.53 Å². The number of nitrogens with zero attached hydrogens (tertiary/aromatic N) is 3. The molecule has 7 nitrogen and oxygen atoms in total. The van der Waals surface area contributed by atoms with Crippen LogP contribution in [0, 0.1) is 18.8 Å². The van der Waals surface area contributed by atoms with Crippen LogP contribution in [0.15, 0.2) is 0 Å². The summed E-state index contributed by atoms with van der Waals surface area (Å²) in [6.07, 6.45) is 5.38. The summed E-state index contributed by atoms with van der Waals surface area (Å²) in [5, 5.41) is 10.7. The van der Waals surface area contributed by atoms with Crippen LogP contribution in [0.2, 0.25) is 0 Å². The molecular formula is C18H29N5O2. The van der Waals surface area contributed by atoms with E-state index in [9.17, 15) is 4.79 Å². The number of aryl methyl sites for hydroxylation is 1. The molecule has 1 saturated carbocycles. The second-order valence-corrected chi connectivity index (χ2v) is 7.88. The van der Waals surface area contributed by atoms with Crippen LogP contribution < -0.4 is 5.32 Å². The fourth-order valence-electron chi connectivity index (χ4n) is 4.09. The van der Waals surface area contributed by atoms with Gasteiger partial charge in [-0.2, -0.15) is 5.10 Å². The van der Waals surface area contributed by atoms with E-state index in [2.05, 4.69) is 25.4 Å². The van der Waals surface area contributed by atoms with E-state index in [0.717, 1.165) is 49.9 Å². The zero-order valence-corrected chi connectivity index (χ0v) is 15.0. The average Bonchev–Trinajstić information content (AvgIpc) is 3.34. The third-order valence-corrected chi connectivity index (χ3v) is 5.78. The molecule has 2 N–H and O–H groups in total. The summed E-state index contributed by atoms with van der Waals surface area (Å²) in [6.45, 7) is 6.46. The molecule has 0 spiro atoms. The fraction of sp³-hybridized carbons (Fsp3) is 0.833. The van der Waals surface area contributed by atoms with E-state index in [1.165, 1.54) is 19.4 Å². The minimum Gasteiger partial charge on any atom is -0.381 e. The highest BCUT2D eigenvalue weighted by atomic mass is 16.5. The largest absolute Gasteiger partial charge is 0.381 e. The zero-order chi connectivity index (χ0) is 17.2. The van der Waals surface area contributed by atoms with Gasteiger partial charge in [0.2, 0.25) is 5.91 Å². The van der Waals surface area contributed by atoms with Crippen LogP contribution in [0.1, 0.15) is 49.7 Å². The molecule has 4 rings (SSSR count). The lowest BCUT2D eigenvalue weighted by atomic mass is 9.89. The Morgan fingerprint density at radius 2 is 2.08 bits per heavy atom. The van der Waals surface area contributed by atoms with Crippen LogP contribution in [-0.4, -0.2) is 64.9 Å². The van der Waals surface area contributed by atoms with E-state index in [1.54, 1.807) is 0 Å². The normalized spacial score (nSPS) is 28.8. The molecule has 3 heterocycles. The van der Waals surface area contributed by atoms with Crippen molar-refractivity contribution in [2.45, 2.75) is 51.0 Å². The van der Waals surface area contributed by atoms with Gasteiger partial charge in [0.05, 0.1) is 6.04 Å². The first-order valence-corrected chi connectivity index (χ1v) is 9.68. The van der Waals surface area contributed by atoms with Crippen LogP contribution in [0.4, 0.5) is 0 Å². The first-order chi connectivity index (χ1) is 12.2. The number of H-pyrrole nitrogens is 1. The average molecular weight is 347 g/mol. The molecule has 2 aliphatic heterocycles. The number of hydrogen-bond acceptors (Lipinski definition) is 5. The Kier molecular flexibility index (Phi) is 5.03. The van der Waals surface area contributed by atoms with Gasteiger partial charge < -0.3 is 15.0 Å². The van der Waals surface area contributed by atoms with Gasteiger partial charge >= 0.3 is 0 Å². The van der Waals surface area contributed by atoms with E-state index in [-0.39, 0.29) is 23.8 Å². The molecule has 3 fully saturated rings. The molecule has 7 heteroatoms. The number of aromatic amines is 1. The van der Waals surface area contributed by atoms with Crippen molar-refractivity contribution in [1.29, 1.82) is 0 Å². The highest BCUT2D eigenvalue weighted by Gasteiger charge is 2.37.